The van der Waals surface area contributed by atoms with E-state index in [9.17, 15) is 26.7 Å². The molecule has 12 heteroatoms. The van der Waals surface area contributed by atoms with Gasteiger partial charge in [-0.25, -0.2) is 18.6 Å². The topological polar surface area (TPSA) is 57.7 Å². The molecule has 0 fully saturated rings. The Morgan fingerprint density at radius 3 is 2.64 bits per heavy atom. The molecular weight excluding hydrogens is 489 g/mol. The highest BCUT2D eigenvalue weighted by Gasteiger charge is 2.50. The molecule has 178 valence electrons. The molecule has 0 amide bonds. The Bertz CT molecular complexity index is 1060. The molecule has 5 nitrogen and oxygen atoms in total. The van der Waals surface area contributed by atoms with E-state index >= 15 is 0 Å². The maximum atomic E-state index is 14.5. The van der Waals surface area contributed by atoms with Gasteiger partial charge < -0.3 is 14.2 Å². The maximum absolute atomic E-state index is 14.5. The number of hydrogen-bond donors (Lipinski definition) is 0. The smallest absolute Gasteiger partial charge is 0.429 e. The molecule has 0 radical (unpaired) electrons. The largest absolute Gasteiger partial charge is 0.470 e. The van der Waals surface area contributed by atoms with Crippen molar-refractivity contribution in [3.63, 3.8) is 0 Å². The van der Waals surface area contributed by atoms with Crippen LogP contribution in [0.1, 0.15) is 29.4 Å². The van der Waals surface area contributed by atoms with E-state index < -0.39 is 36.0 Å². The third-order valence-electron chi connectivity index (χ3n) is 4.78. The molecule has 3 rings (SSSR count). The Balaban J connectivity index is 2.08. The van der Waals surface area contributed by atoms with E-state index in [2.05, 4.69) is 4.98 Å². The summed E-state index contributed by atoms with van der Waals surface area (Å²) in [4.78, 5) is 16.3. The summed E-state index contributed by atoms with van der Waals surface area (Å²) in [6.45, 7) is 1.57. The normalized spacial score (nSPS) is 16.4. The number of halogens is 5. The molecular formula is C21H18F5NO4S2. The fourth-order valence-corrected chi connectivity index (χ4v) is 3.66. The zero-order valence-electron chi connectivity index (χ0n) is 17.4. The van der Waals surface area contributed by atoms with Gasteiger partial charge in [0.15, 0.2) is 5.69 Å². The molecule has 0 spiro atoms. The lowest BCUT2D eigenvalue weighted by molar-refractivity contribution is -0.221. The number of rotatable bonds is 5. The predicted octanol–water partition coefficient (Wildman–Crippen LogP) is 5.49. The number of alkyl halides is 3. The van der Waals surface area contributed by atoms with Crippen molar-refractivity contribution >= 4 is 34.3 Å². The van der Waals surface area contributed by atoms with Crippen LogP contribution < -0.4 is 4.74 Å². The van der Waals surface area contributed by atoms with Crippen LogP contribution in [0, 0.1) is 11.6 Å². The fraction of sp³-hybridized carbons (Fsp3) is 0.381. The van der Waals surface area contributed by atoms with Crippen molar-refractivity contribution in [3.8, 4) is 17.0 Å². The second-order valence-electron chi connectivity index (χ2n) is 6.91. The molecule has 0 saturated carbocycles. The number of ether oxygens (including phenoxy) is 3. The number of esters is 1. The second-order valence-corrected chi connectivity index (χ2v) is 8.32. The first kappa shape index (κ1) is 25.2. The summed E-state index contributed by atoms with van der Waals surface area (Å²) < 4.78 is 84.0. The van der Waals surface area contributed by atoms with Crippen molar-refractivity contribution in [2.75, 3.05) is 12.9 Å². The van der Waals surface area contributed by atoms with Crippen LogP contribution in [-0.4, -0.2) is 46.6 Å². The van der Waals surface area contributed by atoms with Crippen molar-refractivity contribution in [3.05, 3.63) is 47.2 Å². The molecule has 1 aliphatic heterocycles. The Morgan fingerprint density at radius 1 is 1.30 bits per heavy atom. The van der Waals surface area contributed by atoms with Gasteiger partial charge >= 0.3 is 12.1 Å². The highest BCUT2D eigenvalue weighted by Crippen LogP contribution is 2.40. The SMILES string of the molecule is CCOC(=O)c1cc(-c2ccc(F)cc2F)c2c(n1)OC(C(OC(=S)SC)C(F)(F)F)CC2. The number of carbonyl (C=O) groups is 1. The summed E-state index contributed by atoms with van der Waals surface area (Å²) in [6.07, 6.45) is -7.35. The summed E-state index contributed by atoms with van der Waals surface area (Å²) in [7, 11) is 0. The van der Waals surface area contributed by atoms with Gasteiger partial charge in [0.05, 0.1) is 6.61 Å². The van der Waals surface area contributed by atoms with Gasteiger partial charge in [0.25, 0.3) is 0 Å². The minimum atomic E-state index is -4.80. The number of pyridine rings is 1. The molecule has 0 bridgehead atoms. The number of benzene rings is 1. The van der Waals surface area contributed by atoms with Crippen LogP contribution >= 0.6 is 24.0 Å². The van der Waals surface area contributed by atoms with Crippen molar-refractivity contribution in [1.29, 1.82) is 0 Å². The molecule has 0 N–H and O–H groups in total. The van der Waals surface area contributed by atoms with Crippen LogP contribution in [0.3, 0.4) is 0 Å². The van der Waals surface area contributed by atoms with Gasteiger partial charge in [-0.3, -0.25) is 0 Å². The molecule has 2 heterocycles. The van der Waals surface area contributed by atoms with Gasteiger partial charge in [-0.2, -0.15) is 13.2 Å². The van der Waals surface area contributed by atoms with Crippen LogP contribution in [0.25, 0.3) is 11.1 Å². The molecule has 1 aliphatic rings. The highest BCUT2D eigenvalue weighted by atomic mass is 32.2. The van der Waals surface area contributed by atoms with E-state index in [1.165, 1.54) is 18.4 Å². The number of thioether (sulfide) groups is 1. The summed E-state index contributed by atoms with van der Waals surface area (Å²) in [6, 6.07) is 4.10. The van der Waals surface area contributed by atoms with Gasteiger partial charge in [0, 0.05) is 17.2 Å². The summed E-state index contributed by atoms with van der Waals surface area (Å²) in [5.74, 6) is -2.89. The molecule has 1 aromatic carbocycles. The van der Waals surface area contributed by atoms with E-state index in [0.29, 0.717) is 6.07 Å². The first-order chi connectivity index (χ1) is 15.5. The average Bonchev–Trinajstić information content (AvgIpc) is 2.75. The Kier molecular flexibility index (Phi) is 7.78. The van der Waals surface area contributed by atoms with Crippen LogP contribution in [0.4, 0.5) is 22.0 Å². The lowest BCUT2D eigenvalue weighted by Crippen LogP contribution is -2.47. The maximum Gasteiger partial charge on any atom is 0.429 e. The Hall–Kier alpha value is -2.47. The van der Waals surface area contributed by atoms with Crippen LogP contribution in [-0.2, 0) is 15.9 Å². The number of aromatic nitrogens is 1. The monoisotopic (exact) mass is 507 g/mol. The van der Waals surface area contributed by atoms with Crippen LogP contribution in [0.2, 0.25) is 0 Å². The van der Waals surface area contributed by atoms with Crippen molar-refractivity contribution in [2.45, 2.75) is 38.1 Å². The quantitative estimate of drug-likeness (QED) is 0.301. The minimum absolute atomic E-state index is 0.00419. The van der Waals surface area contributed by atoms with E-state index in [0.717, 1.165) is 17.8 Å². The number of fused-ring (bicyclic) bond motifs is 1. The Morgan fingerprint density at radius 2 is 2.03 bits per heavy atom. The van der Waals surface area contributed by atoms with Crippen LogP contribution in [0.15, 0.2) is 24.3 Å². The lowest BCUT2D eigenvalue weighted by Gasteiger charge is -2.33. The van der Waals surface area contributed by atoms with Gasteiger partial charge in [-0.15, -0.1) is 0 Å². The fourth-order valence-electron chi connectivity index (χ4n) is 3.35. The van der Waals surface area contributed by atoms with E-state index in [-0.39, 0.29) is 52.1 Å². The molecule has 2 aromatic rings. The minimum Gasteiger partial charge on any atom is -0.470 e. The van der Waals surface area contributed by atoms with Gasteiger partial charge in [0.2, 0.25) is 16.4 Å². The molecule has 0 saturated heterocycles. The van der Waals surface area contributed by atoms with Gasteiger partial charge in [-0.1, -0.05) is 11.8 Å². The number of carbonyl (C=O) groups excluding carboxylic acids is 1. The summed E-state index contributed by atoms with van der Waals surface area (Å²) in [5.41, 5.74) is 0.0650. The molecule has 1 aromatic heterocycles. The first-order valence-corrected chi connectivity index (χ1v) is 11.3. The van der Waals surface area contributed by atoms with Crippen molar-refractivity contribution in [2.24, 2.45) is 0 Å². The molecule has 33 heavy (non-hydrogen) atoms. The van der Waals surface area contributed by atoms with E-state index in [1.54, 1.807) is 6.92 Å². The molecule has 0 aliphatic carbocycles. The van der Waals surface area contributed by atoms with E-state index in [1.807, 2.05) is 0 Å². The third kappa shape index (κ3) is 5.72. The number of hydrogen-bond acceptors (Lipinski definition) is 7. The second kappa shape index (κ2) is 10.2. The first-order valence-electron chi connectivity index (χ1n) is 9.69. The van der Waals surface area contributed by atoms with Crippen molar-refractivity contribution in [1.82, 2.24) is 4.98 Å². The lowest BCUT2D eigenvalue weighted by atomic mass is 9.92. The zero-order valence-corrected chi connectivity index (χ0v) is 19.0. The summed E-state index contributed by atoms with van der Waals surface area (Å²) >= 11 is 5.61. The van der Waals surface area contributed by atoms with Crippen molar-refractivity contribution < 1.29 is 41.0 Å². The standard InChI is InChI=1S/C21H18F5NO4S2/c1-3-29-19(28)15-9-13(11-5-4-10(22)8-14(11)23)12-6-7-16(30-18(12)27-15)17(21(24,25)26)31-20(32)33-2/h4-5,8-9,16-17H,3,6-7H2,1-2H3. The highest BCUT2D eigenvalue weighted by molar-refractivity contribution is 8.22. The molecule has 2 unspecified atom stereocenters. The molecule has 2 atom stereocenters. The van der Waals surface area contributed by atoms with E-state index in [4.69, 9.17) is 26.4 Å². The number of thiocarbonyl (C=S) groups is 1. The van der Waals surface area contributed by atoms with Crippen LogP contribution in [0.5, 0.6) is 5.88 Å². The summed E-state index contributed by atoms with van der Waals surface area (Å²) in [5, 5.41) is 0. The zero-order chi connectivity index (χ0) is 24.3. The Labute approximate surface area is 195 Å². The number of nitrogens with zero attached hydrogens (tertiary/aromatic N) is 1. The van der Waals surface area contributed by atoms with Gasteiger partial charge in [0.1, 0.15) is 17.7 Å². The average molecular weight is 508 g/mol. The van der Waals surface area contributed by atoms with Gasteiger partial charge in [-0.05, 0) is 62.0 Å². The predicted molar refractivity (Wildman–Crippen MR) is 115 cm³/mol. The third-order valence-corrected chi connectivity index (χ3v) is 5.81.